The lowest BCUT2D eigenvalue weighted by Crippen LogP contribution is -2.44. The Hall–Kier alpha value is -2.25. The molecular weight excluding hydrogens is 311 g/mol. The van der Waals surface area contributed by atoms with Gasteiger partial charge in [-0.2, -0.15) is 5.10 Å². The standard InChI is InChI=1S/C17H21FN4O2/c1-2-14-11-15(21-20-14)19-17(23)16(22-6-8-24-9-7-22)12-4-3-5-13(18)10-12/h3-5,10-11,16H,2,6-9H2,1H3,(H2,19,20,21,23). The minimum Gasteiger partial charge on any atom is -0.379 e. The van der Waals surface area contributed by atoms with Crippen molar-refractivity contribution in [3.8, 4) is 0 Å². The zero-order valence-electron chi connectivity index (χ0n) is 13.6. The summed E-state index contributed by atoms with van der Waals surface area (Å²) < 4.78 is 19.0. The smallest absolute Gasteiger partial charge is 0.247 e. The normalized spacial score (nSPS) is 16.8. The quantitative estimate of drug-likeness (QED) is 0.880. The van der Waals surface area contributed by atoms with Crippen molar-refractivity contribution in [1.82, 2.24) is 15.1 Å². The number of aryl methyl sites for hydroxylation is 1. The van der Waals surface area contributed by atoms with Crippen molar-refractivity contribution in [3.05, 3.63) is 47.4 Å². The molecular formula is C17H21FN4O2. The highest BCUT2D eigenvalue weighted by Crippen LogP contribution is 2.24. The molecule has 1 saturated heterocycles. The van der Waals surface area contributed by atoms with Crippen molar-refractivity contribution in [1.29, 1.82) is 0 Å². The maximum absolute atomic E-state index is 13.6. The van der Waals surface area contributed by atoms with Crippen LogP contribution < -0.4 is 5.32 Å². The third kappa shape index (κ3) is 3.80. The number of nitrogens with zero attached hydrogens (tertiary/aromatic N) is 2. The van der Waals surface area contributed by atoms with Gasteiger partial charge in [0.2, 0.25) is 5.91 Å². The highest BCUT2D eigenvalue weighted by molar-refractivity contribution is 5.94. The molecule has 1 unspecified atom stereocenters. The summed E-state index contributed by atoms with van der Waals surface area (Å²) in [5.41, 5.74) is 1.57. The van der Waals surface area contributed by atoms with Gasteiger partial charge in [-0.05, 0) is 24.1 Å². The monoisotopic (exact) mass is 332 g/mol. The first-order valence-corrected chi connectivity index (χ1v) is 8.10. The minimum atomic E-state index is -0.577. The molecule has 1 aliphatic rings. The van der Waals surface area contributed by atoms with Crippen molar-refractivity contribution in [3.63, 3.8) is 0 Å². The molecule has 2 aromatic rings. The number of carbonyl (C=O) groups excluding carboxylic acids is 1. The summed E-state index contributed by atoms with van der Waals surface area (Å²) in [4.78, 5) is 14.9. The van der Waals surface area contributed by atoms with E-state index in [0.717, 1.165) is 12.1 Å². The molecule has 0 bridgehead atoms. The summed E-state index contributed by atoms with van der Waals surface area (Å²) in [5, 5.41) is 9.79. The topological polar surface area (TPSA) is 70.2 Å². The van der Waals surface area contributed by atoms with Crippen molar-refractivity contribution in [2.24, 2.45) is 0 Å². The van der Waals surface area contributed by atoms with E-state index in [1.54, 1.807) is 18.2 Å². The third-order valence-corrected chi connectivity index (χ3v) is 4.09. The number of aromatic amines is 1. The van der Waals surface area contributed by atoms with Gasteiger partial charge in [0.15, 0.2) is 5.82 Å². The molecule has 0 radical (unpaired) electrons. The van der Waals surface area contributed by atoms with E-state index in [-0.39, 0.29) is 11.7 Å². The van der Waals surface area contributed by atoms with Crippen LogP contribution in [0.3, 0.4) is 0 Å². The molecule has 7 heteroatoms. The van der Waals surface area contributed by atoms with Gasteiger partial charge >= 0.3 is 0 Å². The van der Waals surface area contributed by atoms with Crippen molar-refractivity contribution < 1.29 is 13.9 Å². The summed E-state index contributed by atoms with van der Waals surface area (Å²) in [5.74, 6) is -0.102. The van der Waals surface area contributed by atoms with E-state index in [4.69, 9.17) is 4.74 Å². The second-order valence-corrected chi connectivity index (χ2v) is 5.73. The second-order valence-electron chi connectivity index (χ2n) is 5.73. The number of benzene rings is 1. The van der Waals surface area contributed by atoms with Gasteiger partial charge in [0.1, 0.15) is 11.9 Å². The molecule has 1 aromatic carbocycles. The van der Waals surface area contributed by atoms with Gasteiger partial charge in [-0.25, -0.2) is 4.39 Å². The van der Waals surface area contributed by atoms with Crippen LogP contribution in [0.1, 0.15) is 24.2 Å². The summed E-state index contributed by atoms with van der Waals surface area (Å²) in [6.07, 6.45) is 0.805. The predicted octanol–water partition coefficient (Wildman–Crippen LogP) is 2.12. The van der Waals surface area contributed by atoms with E-state index in [0.29, 0.717) is 37.7 Å². The number of morpholine rings is 1. The van der Waals surface area contributed by atoms with Crippen molar-refractivity contribution >= 4 is 11.7 Å². The molecule has 0 aliphatic carbocycles. The number of hydrogen-bond donors (Lipinski definition) is 2. The van der Waals surface area contributed by atoms with Crippen LogP contribution in [0.25, 0.3) is 0 Å². The average Bonchev–Trinajstić information content (AvgIpc) is 3.04. The van der Waals surface area contributed by atoms with Crippen LogP contribution in [0.15, 0.2) is 30.3 Å². The molecule has 24 heavy (non-hydrogen) atoms. The number of amides is 1. The van der Waals surface area contributed by atoms with E-state index in [1.165, 1.54) is 12.1 Å². The molecule has 6 nitrogen and oxygen atoms in total. The zero-order chi connectivity index (χ0) is 16.9. The third-order valence-electron chi connectivity index (χ3n) is 4.09. The molecule has 2 heterocycles. The predicted molar refractivity (Wildman–Crippen MR) is 88.1 cm³/mol. The first-order valence-electron chi connectivity index (χ1n) is 8.10. The van der Waals surface area contributed by atoms with Gasteiger partial charge in [0.05, 0.1) is 13.2 Å². The molecule has 0 saturated carbocycles. The number of hydrogen-bond acceptors (Lipinski definition) is 4. The summed E-state index contributed by atoms with van der Waals surface area (Å²) >= 11 is 0. The van der Waals surface area contributed by atoms with E-state index < -0.39 is 6.04 Å². The van der Waals surface area contributed by atoms with Crippen LogP contribution in [-0.4, -0.2) is 47.3 Å². The number of nitrogens with one attached hydrogen (secondary N) is 2. The summed E-state index contributed by atoms with van der Waals surface area (Å²) in [6.45, 7) is 4.36. The molecule has 128 valence electrons. The molecule has 2 N–H and O–H groups in total. The van der Waals surface area contributed by atoms with Crippen LogP contribution in [0.5, 0.6) is 0 Å². The summed E-state index contributed by atoms with van der Waals surface area (Å²) in [7, 11) is 0. The number of halogens is 1. The van der Waals surface area contributed by atoms with Crippen LogP contribution in [0, 0.1) is 5.82 Å². The van der Waals surface area contributed by atoms with Crippen molar-refractivity contribution in [2.45, 2.75) is 19.4 Å². The Bertz CT molecular complexity index is 697. The van der Waals surface area contributed by atoms with Crippen LogP contribution in [0.4, 0.5) is 10.2 Å². The largest absolute Gasteiger partial charge is 0.379 e. The molecule has 1 aliphatic heterocycles. The number of H-pyrrole nitrogens is 1. The Morgan fingerprint density at radius 1 is 1.42 bits per heavy atom. The Kier molecular flexibility index (Phi) is 5.22. The van der Waals surface area contributed by atoms with Gasteiger partial charge in [-0.3, -0.25) is 14.8 Å². The number of rotatable bonds is 5. The van der Waals surface area contributed by atoms with E-state index >= 15 is 0 Å². The van der Waals surface area contributed by atoms with Crippen LogP contribution in [-0.2, 0) is 16.0 Å². The lowest BCUT2D eigenvalue weighted by molar-refractivity contribution is -0.123. The van der Waals surface area contributed by atoms with Crippen LogP contribution in [0.2, 0.25) is 0 Å². The number of anilines is 1. The molecule has 1 fully saturated rings. The maximum Gasteiger partial charge on any atom is 0.247 e. The Balaban J connectivity index is 1.83. The average molecular weight is 332 g/mol. The highest BCUT2D eigenvalue weighted by Gasteiger charge is 2.29. The first kappa shape index (κ1) is 16.6. The summed E-state index contributed by atoms with van der Waals surface area (Å²) in [6, 6.07) is 7.40. The van der Waals surface area contributed by atoms with E-state index in [2.05, 4.69) is 15.5 Å². The Labute approximate surface area is 140 Å². The highest BCUT2D eigenvalue weighted by atomic mass is 19.1. The van der Waals surface area contributed by atoms with Gasteiger partial charge in [0.25, 0.3) is 0 Å². The van der Waals surface area contributed by atoms with Gasteiger partial charge < -0.3 is 10.1 Å². The maximum atomic E-state index is 13.6. The number of ether oxygens (including phenoxy) is 1. The number of carbonyl (C=O) groups is 1. The van der Waals surface area contributed by atoms with Gasteiger partial charge in [-0.15, -0.1) is 0 Å². The fourth-order valence-corrected chi connectivity index (χ4v) is 2.84. The van der Waals surface area contributed by atoms with E-state index in [1.807, 2.05) is 11.8 Å². The molecule has 1 amide bonds. The minimum absolute atomic E-state index is 0.225. The van der Waals surface area contributed by atoms with Gasteiger partial charge in [-0.1, -0.05) is 19.1 Å². The lowest BCUT2D eigenvalue weighted by atomic mass is 10.0. The number of aromatic nitrogens is 2. The van der Waals surface area contributed by atoms with Crippen LogP contribution >= 0.6 is 0 Å². The SMILES string of the molecule is CCc1cc(NC(=O)C(c2cccc(F)c2)N2CCOCC2)n[nH]1. The Morgan fingerprint density at radius 3 is 2.88 bits per heavy atom. The molecule has 1 atom stereocenters. The first-order chi connectivity index (χ1) is 11.7. The van der Waals surface area contributed by atoms with Gasteiger partial charge in [0, 0.05) is 24.8 Å². The lowest BCUT2D eigenvalue weighted by Gasteiger charge is -2.33. The second kappa shape index (κ2) is 7.55. The molecule has 3 rings (SSSR count). The molecule has 1 aromatic heterocycles. The fourth-order valence-electron chi connectivity index (χ4n) is 2.84. The molecule has 0 spiro atoms. The van der Waals surface area contributed by atoms with Crippen molar-refractivity contribution in [2.75, 3.05) is 31.6 Å². The zero-order valence-corrected chi connectivity index (χ0v) is 13.6. The van der Waals surface area contributed by atoms with E-state index in [9.17, 15) is 9.18 Å². The Morgan fingerprint density at radius 2 is 2.21 bits per heavy atom. The fraction of sp³-hybridized carbons (Fsp3) is 0.412.